The van der Waals surface area contributed by atoms with Gasteiger partial charge in [-0.1, -0.05) is 0 Å². The van der Waals surface area contributed by atoms with Gasteiger partial charge in [0.05, 0.1) is 10.5 Å². The summed E-state index contributed by atoms with van der Waals surface area (Å²) in [6.07, 6.45) is 1.12. The largest absolute Gasteiger partial charge is 0.478 e. The Hall–Kier alpha value is -2.64. The minimum atomic E-state index is -1.22. The number of amides is 1. The van der Waals surface area contributed by atoms with Crippen LogP contribution in [0.4, 0.5) is 11.4 Å². The Bertz CT molecular complexity index is 572. The second kappa shape index (κ2) is 5.55. The molecular formula is C12H13N3O5. The molecule has 2 rings (SSSR count). The van der Waals surface area contributed by atoms with Crippen molar-refractivity contribution in [3.8, 4) is 0 Å². The molecule has 1 aliphatic heterocycles. The van der Waals surface area contributed by atoms with Gasteiger partial charge in [-0.25, -0.2) is 4.79 Å². The van der Waals surface area contributed by atoms with Crippen LogP contribution in [0.1, 0.15) is 23.2 Å². The number of anilines is 1. The Morgan fingerprint density at radius 2 is 2.30 bits per heavy atom. The smallest absolute Gasteiger partial charge is 0.335 e. The minimum absolute atomic E-state index is 0.0347. The van der Waals surface area contributed by atoms with Crippen LogP contribution >= 0.6 is 0 Å². The van der Waals surface area contributed by atoms with Crippen molar-refractivity contribution in [1.82, 2.24) is 5.32 Å². The van der Waals surface area contributed by atoms with E-state index in [4.69, 9.17) is 5.11 Å². The van der Waals surface area contributed by atoms with Crippen molar-refractivity contribution in [3.05, 3.63) is 33.9 Å². The predicted octanol–water partition coefficient (Wildman–Crippen LogP) is 0.983. The summed E-state index contributed by atoms with van der Waals surface area (Å²) < 4.78 is 0. The second-order valence-electron chi connectivity index (χ2n) is 4.48. The first-order chi connectivity index (χ1) is 9.47. The zero-order valence-electron chi connectivity index (χ0n) is 10.5. The summed E-state index contributed by atoms with van der Waals surface area (Å²) in [7, 11) is 0. The van der Waals surface area contributed by atoms with Crippen molar-refractivity contribution < 1.29 is 19.6 Å². The summed E-state index contributed by atoms with van der Waals surface area (Å²) in [4.78, 5) is 32.2. The molecule has 1 aromatic carbocycles. The number of hydrogen-bond donors (Lipinski definition) is 3. The van der Waals surface area contributed by atoms with E-state index in [9.17, 15) is 19.7 Å². The van der Waals surface area contributed by atoms with Crippen LogP contribution in [0.15, 0.2) is 18.2 Å². The van der Waals surface area contributed by atoms with E-state index in [0.29, 0.717) is 19.4 Å². The highest BCUT2D eigenvalue weighted by atomic mass is 16.6. The molecule has 1 unspecified atom stereocenters. The molecule has 1 aliphatic rings. The molecule has 0 aliphatic carbocycles. The third-order valence-corrected chi connectivity index (χ3v) is 3.07. The summed E-state index contributed by atoms with van der Waals surface area (Å²) in [5.74, 6) is -1.25. The van der Waals surface area contributed by atoms with Crippen LogP contribution in [0.25, 0.3) is 0 Å². The number of carbonyl (C=O) groups is 2. The maximum absolute atomic E-state index is 11.0. The van der Waals surface area contributed by atoms with Gasteiger partial charge in [0, 0.05) is 25.1 Å². The highest BCUT2D eigenvalue weighted by Gasteiger charge is 2.22. The molecule has 8 nitrogen and oxygen atoms in total. The van der Waals surface area contributed by atoms with Gasteiger partial charge >= 0.3 is 5.97 Å². The van der Waals surface area contributed by atoms with Gasteiger partial charge < -0.3 is 15.7 Å². The number of nitrogens with zero attached hydrogens (tertiary/aromatic N) is 1. The highest BCUT2D eigenvalue weighted by Crippen LogP contribution is 2.26. The molecule has 3 N–H and O–H groups in total. The Balaban J connectivity index is 2.12. The lowest BCUT2D eigenvalue weighted by Crippen LogP contribution is -2.31. The predicted molar refractivity (Wildman–Crippen MR) is 69.7 cm³/mol. The molecule has 1 heterocycles. The quantitative estimate of drug-likeness (QED) is 0.545. The molecule has 106 valence electrons. The molecule has 1 amide bonds. The first-order valence-corrected chi connectivity index (χ1v) is 6.02. The lowest BCUT2D eigenvalue weighted by atomic mass is 10.1. The van der Waals surface area contributed by atoms with Crippen molar-refractivity contribution in [2.24, 2.45) is 0 Å². The van der Waals surface area contributed by atoms with E-state index in [1.807, 2.05) is 0 Å². The maximum Gasteiger partial charge on any atom is 0.335 e. The number of carboxylic acid groups (broad SMARTS) is 1. The van der Waals surface area contributed by atoms with Crippen LogP contribution in [0.3, 0.4) is 0 Å². The second-order valence-corrected chi connectivity index (χ2v) is 4.48. The third kappa shape index (κ3) is 3.02. The molecule has 0 spiro atoms. The first-order valence-electron chi connectivity index (χ1n) is 6.02. The van der Waals surface area contributed by atoms with Gasteiger partial charge in [0.1, 0.15) is 5.69 Å². The third-order valence-electron chi connectivity index (χ3n) is 3.07. The number of rotatable bonds is 5. The number of carbonyl (C=O) groups excluding carboxylic acids is 1. The number of nitrogens with one attached hydrogen (secondary N) is 2. The van der Waals surface area contributed by atoms with E-state index >= 15 is 0 Å². The zero-order valence-corrected chi connectivity index (χ0v) is 10.5. The summed E-state index contributed by atoms with van der Waals surface area (Å²) in [6.45, 7) is 0.360. The van der Waals surface area contributed by atoms with Crippen molar-refractivity contribution in [2.45, 2.75) is 18.9 Å². The fraction of sp³-hybridized carbons (Fsp3) is 0.333. The fourth-order valence-electron chi connectivity index (χ4n) is 2.03. The molecule has 8 heteroatoms. The van der Waals surface area contributed by atoms with Gasteiger partial charge in [-0.05, 0) is 18.6 Å². The van der Waals surface area contributed by atoms with Crippen LogP contribution in [-0.4, -0.2) is 34.5 Å². The van der Waals surface area contributed by atoms with E-state index in [1.54, 1.807) is 0 Å². The molecule has 1 aromatic rings. The number of nitro groups is 1. The Morgan fingerprint density at radius 3 is 2.85 bits per heavy atom. The van der Waals surface area contributed by atoms with Crippen molar-refractivity contribution in [3.63, 3.8) is 0 Å². The molecule has 0 bridgehead atoms. The monoisotopic (exact) mass is 279 g/mol. The van der Waals surface area contributed by atoms with Gasteiger partial charge in [0.25, 0.3) is 5.69 Å². The van der Waals surface area contributed by atoms with Gasteiger partial charge in [-0.2, -0.15) is 0 Å². The minimum Gasteiger partial charge on any atom is -0.478 e. The van der Waals surface area contributed by atoms with Crippen LogP contribution in [0.5, 0.6) is 0 Å². The summed E-state index contributed by atoms with van der Waals surface area (Å²) in [6, 6.07) is 3.60. The number of benzene rings is 1. The van der Waals surface area contributed by atoms with Crippen molar-refractivity contribution in [1.29, 1.82) is 0 Å². The van der Waals surface area contributed by atoms with Crippen molar-refractivity contribution in [2.75, 3.05) is 11.9 Å². The molecular weight excluding hydrogens is 266 g/mol. The molecule has 20 heavy (non-hydrogen) atoms. The Labute approximate surface area is 113 Å². The number of carboxylic acids is 1. The average Bonchev–Trinajstić information content (AvgIpc) is 2.81. The SMILES string of the molecule is O=C1CCC(CNc2ccc(C(=O)O)cc2[N+](=O)[O-])N1. The summed E-state index contributed by atoms with van der Waals surface area (Å²) >= 11 is 0. The molecule has 1 saturated heterocycles. The molecule has 0 radical (unpaired) electrons. The van der Waals surface area contributed by atoms with E-state index < -0.39 is 10.9 Å². The standard InChI is InChI=1S/C12H13N3O5/c16-11-4-2-8(14-11)6-13-9-3-1-7(12(17)18)5-10(9)15(19)20/h1,3,5,8,13H,2,4,6H2,(H,14,16)(H,17,18). The lowest BCUT2D eigenvalue weighted by Gasteiger charge is -2.12. The van der Waals surface area contributed by atoms with Crippen molar-refractivity contribution >= 4 is 23.3 Å². The first kappa shape index (κ1) is 13.8. The molecule has 0 saturated carbocycles. The molecule has 1 fully saturated rings. The topological polar surface area (TPSA) is 122 Å². The normalized spacial score (nSPS) is 17.6. The van der Waals surface area contributed by atoms with Gasteiger partial charge in [-0.15, -0.1) is 0 Å². The van der Waals surface area contributed by atoms with Gasteiger partial charge in [0.15, 0.2) is 0 Å². The lowest BCUT2D eigenvalue weighted by molar-refractivity contribution is -0.384. The Morgan fingerprint density at radius 1 is 1.55 bits per heavy atom. The van der Waals surface area contributed by atoms with E-state index in [0.717, 1.165) is 6.07 Å². The number of aromatic carboxylic acids is 1. The van der Waals surface area contributed by atoms with Crippen LogP contribution in [0.2, 0.25) is 0 Å². The van der Waals surface area contributed by atoms with Crippen LogP contribution in [-0.2, 0) is 4.79 Å². The van der Waals surface area contributed by atoms with Gasteiger partial charge in [-0.3, -0.25) is 14.9 Å². The molecule has 1 atom stereocenters. The van der Waals surface area contributed by atoms with Crippen LogP contribution < -0.4 is 10.6 Å². The van der Waals surface area contributed by atoms with E-state index in [-0.39, 0.29) is 28.9 Å². The average molecular weight is 279 g/mol. The highest BCUT2D eigenvalue weighted by molar-refractivity contribution is 5.89. The van der Waals surface area contributed by atoms with Gasteiger partial charge in [0.2, 0.25) is 5.91 Å². The zero-order chi connectivity index (χ0) is 14.7. The fourth-order valence-corrected chi connectivity index (χ4v) is 2.03. The summed E-state index contributed by atoms with van der Waals surface area (Å²) in [5.41, 5.74) is -0.202. The molecule has 0 aromatic heterocycles. The van der Waals surface area contributed by atoms with E-state index in [2.05, 4.69) is 10.6 Å². The Kier molecular flexibility index (Phi) is 3.83. The van der Waals surface area contributed by atoms with Crippen LogP contribution in [0, 0.1) is 10.1 Å². The van der Waals surface area contributed by atoms with E-state index in [1.165, 1.54) is 12.1 Å². The maximum atomic E-state index is 11.0. The number of nitro benzene ring substituents is 1. The summed E-state index contributed by atoms with van der Waals surface area (Å²) in [5, 5.41) is 25.4. The number of hydrogen-bond acceptors (Lipinski definition) is 5.